The van der Waals surface area contributed by atoms with E-state index >= 15 is 0 Å². The van der Waals surface area contributed by atoms with Gasteiger partial charge in [0.15, 0.2) is 11.5 Å². The summed E-state index contributed by atoms with van der Waals surface area (Å²) in [5.41, 5.74) is 0.518. The van der Waals surface area contributed by atoms with Crippen molar-refractivity contribution in [2.75, 3.05) is 32.9 Å². The lowest BCUT2D eigenvalue weighted by Gasteiger charge is -2.21. The van der Waals surface area contributed by atoms with Crippen molar-refractivity contribution in [1.82, 2.24) is 4.90 Å². The van der Waals surface area contributed by atoms with E-state index in [-0.39, 0.29) is 5.91 Å². The van der Waals surface area contributed by atoms with Crippen molar-refractivity contribution in [3.63, 3.8) is 0 Å². The maximum absolute atomic E-state index is 12.7. The Morgan fingerprint density at radius 3 is 1.96 bits per heavy atom. The van der Waals surface area contributed by atoms with Gasteiger partial charge in [0.1, 0.15) is 0 Å². The van der Waals surface area contributed by atoms with Gasteiger partial charge in [-0.2, -0.15) is 0 Å². The van der Waals surface area contributed by atoms with Crippen LogP contribution in [0.1, 0.15) is 38.1 Å². The molecule has 128 valence electrons. The summed E-state index contributed by atoms with van der Waals surface area (Å²) < 4.78 is 16.9. The molecule has 0 spiro atoms. The van der Waals surface area contributed by atoms with E-state index in [0.29, 0.717) is 55.7 Å². The first kappa shape index (κ1) is 18.9. The Labute approximate surface area is 138 Å². The predicted octanol–water partition coefficient (Wildman–Crippen LogP) is 3.53. The molecule has 0 aliphatic carbocycles. The summed E-state index contributed by atoms with van der Waals surface area (Å²) in [4.78, 5) is 14.4. The van der Waals surface area contributed by atoms with E-state index in [1.807, 2.05) is 27.7 Å². The van der Waals surface area contributed by atoms with Gasteiger partial charge >= 0.3 is 0 Å². The maximum atomic E-state index is 12.7. The van der Waals surface area contributed by atoms with Crippen LogP contribution in [0.5, 0.6) is 17.2 Å². The van der Waals surface area contributed by atoms with Gasteiger partial charge in [0, 0.05) is 18.7 Å². The molecule has 23 heavy (non-hydrogen) atoms. The highest BCUT2D eigenvalue weighted by Crippen LogP contribution is 2.39. The molecule has 1 aromatic rings. The standard InChI is InChI=1S/C18H27NO4/c1-6-11-19(7-2)18(20)14-12-15(21-8-3)17(23-10-5)16(13-14)22-9-4/h6,12-13H,1,7-11H2,2-5H3. The third kappa shape index (κ3) is 4.91. The quantitative estimate of drug-likeness (QED) is 0.619. The third-order valence-corrected chi connectivity index (χ3v) is 3.17. The maximum Gasteiger partial charge on any atom is 0.254 e. The first-order chi connectivity index (χ1) is 11.1. The Morgan fingerprint density at radius 2 is 1.57 bits per heavy atom. The SMILES string of the molecule is C=CCN(CC)C(=O)c1cc(OCC)c(OCC)c(OCC)c1. The summed E-state index contributed by atoms with van der Waals surface area (Å²) in [5.74, 6) is 1.51. The van der Waals surface area contributed by atoms with Crippen LogP contribution in [0.3, 0.4) is 0 Å². The molecule has 0 heterocycles. The molecule has 0 saturated carbocycles. The van der Waals surface area contributed by atoms with E-state index in [9.17, 15) is 4.79 Å². The summed E-state index contributed by atoms with van der Waals surface area (Å²) in [5, 5.41) is 0. The number of amides is 1. The molecule has 0 aliphatic rings. The predicted molar refractivity (Wildman–Crippen MR) is 91.7 cm³/mol. The zero-order valence-corrected chi connectivity index (χ0v) is 14.6. The second-order valence-corrected chi connectivity index (χ2v) is 4.73. The molecule has 1 rings (SSSR count). The van der Waals surface area contributed by atoms with E-state index in [4.69, 9.17) is 14.2 Å². The summed E-state index contributed by atoms with van der Waals surface area (Å²) >= 11 is 0. The van der Waals surface area contributed by atoms with Crippen LogP contribution < -0.4 is 14.2 Å². The molecule has 0 aromatic heterocycles. The first-order valence-electron chi connectivity index (χ1n) is 8.09. The molecule has 0 atom stereocenters. The highest BCUT2D eigenvalue weighted by atomic mass is 16.5. The summed E-state index contributed by atoms with van der Waals surface area (Å²) in [6.07, 6.45) is 1.71. The molecule has 0 saturated heterocycles. The summed E-state index contributed by atoms with van der Waals surface area (Å²) in [6, 6.07) is 3.43. The highest BCUT2D eigenvalue weighted by molar-refractivity contribution is 5.95. The Kier molecular flexibility index (Phi) is 8.02. The number of hydrogen-bond donors (Lipinski definition) is 0. The number of ether oxygens (including phenoxy) is 3. The van der Waals surface area contributed by atoms with Gasteiger partial charge in [0.05, 0.1) is 19.8 Å². The first-order valence-corrected chi connectivity index (χ1v) is 8.09. The fraction of sp³-hybridized carbons (Fsp3) is 0.500. The fourth-order valence-corrected chi connectivity index (χ4v) is 2.21. The molecule has 0 unspecified atom stereocenters. The lowest BCUT2D eigenvalue weighted by Crippen LogP contribution is -2.30. The normalized spacial score (nSPS) is 10.1. The van der Waals surface area contributed by atoms with Crippen LogP contribution in [0.15, 0.2) is 24.8 Å². The molecular weight excluding hydrogens is 294 g/mol. The van der Waals surface area contributed by atoms with E-state index in [2.05, 4.69) is 6.58 Å². The summed E-state index contributed by atoms with van der Waals surface area (Å²) in [6.45, 7) is 13.9. The summed E-state index contributed by atoms with van der Waals surface area (Å²) in [7, 11) is 0. The third-order valence-electron chi connectivity index (χ3n) is 3.17. The van der Waals surface area contributed by atoms with Crippen molar-refractivity contribution in [2.45, 2.75) is 27.7 Å². The zero-order chi connectivity index (χ0) is 17.2. The average molecular weight is 321 g/mol. The van der Waals surface area contributed by atoms with Gasteiger partial charge in [-0.15, -0.1) is 6.58 Å². The number of rotatable bonds is 10. The smallest absolute Gasteiger partial charge is 0.254 e. The van der Waals surface area contributed by atoms with E-state index in [1.165, 1.54) is 0 Å². The molecule has 1 amide bonds. The lowest BCUT2D eigenvalue weighted by molar-refractivity contribution is 0.0781. The lowest BCUT2D eigenvalue weighted by atomic mass is 10.1. The Balaban J connectivity index is 3.31. The van der Waals surface area contributed by atoms with Gasteiger partial charge in [-0.3, -0.25) is 4.79 Å². The number of hydrogen-bond acceptors (Lipinski definition) is 4. The van der Waals surface area contributed by atoms with Crippen LogP contribution in [-0.4, -0.2) is 43.7 Å². The van der Waals surface area contributed by atoms with Crippen LogP contribution in [0, 0.1) is 0 Å². The monoisotopic (exact) mass is 321 g/mol. The average Bonchev–Trinajstić information content (AvgIpc) is 2.55. The minimum atomic E-state index is -0.0858. The van der Waals surface area contributed by atoms with Crippen LogP contribution in [0.25, 0.3) is 0 Å². The van der Waals surface area contributed by atoms with Gasteiger partial charge in [0.25, 0.3) is 5.91 Å². The minimum absolute atomic E-state index is 0.0858. The van der Waals surface area contributed by atoms with Crippen LogP contribution in [0.4, 0.5) is 0 Å². The molecule has 1 aromatic carbocycles. The Hall–Kier alpha value is -2.17. The van der Waals surface area contributed by atoms with Crippen molar-refractivity contribution in [3.05, 3.63) is 30.4 Å². The topological polar surface area (TPSA) is 48.0 Å². The van der Waals surface area contributed by atoms with Crippen molar-refractivity contribution >= 4 is 5.91 Å². The van der Waals surface area contributed by atoms with E-state index in [0.717, 1.165) is 0 Å². The zero-order valence-electron chi connectivity index (χ0n) is 14.6. The van der Waals surface area contributed by atoms with Crippen molar-refractivity contribution in [1.29, 1.82) is 0 Å². The minimum Gasteiger partial charge on any atom is -0.490 e. The van der Waals surface area contributed by atoms with Gasteiger partial charge in [-0.25, -0.2) is 0 Å². The molecule has 0 fully saturated rings. The van der Waals surface area contributed by atoms with Crippen LogP contribution in [0.2, 0.25) is 0 Å². The van der Waals surface area contributed by atoms with Gasteiger partial charge < -0.3 is 19.1 Å². The molecule has 5 nitrogen and oxygen atoms in total. The second kappa shape index (κ2) is 9.77. The van der Waals surface area contributed by atoms with Crippen molar-refractivity contribution in [2.24, 2.45) is 0 Å². The molecule has 0 bridgehead atoms. The molecule has 5 heteroatoms. The molecule has 0 N–H and O–H groups in total. The Bertz CT molecular complexity index is 501. The number of benzene rings is 1. The van der Waals surface area contributed by atoms with Crippen LogP contribution >= 0.6 is 0 Å². The van der Waals surface area contributed by atoms with Gasteiger partial charge in [-0.05, 0) is 39.8 Å². The molecule has 0 aliphatic heterocycles. The van der Waals surface area contributed by atoms with E-state index < -0.39 is 0 Å². The van der Waals surface area contributed by atoms with Crippen molar-refractivity contribution in [3.8, 4) is 17.2 Å². The van der Waals surface area contributed by atoms with Gasteiger partial charge in [0.2, 0.25) is 5.75 Å². The Morgan fingerprint density at radius 1 is 1.04 bits per heavy atom. The number of nitrogens with zero attached hydrogens (tertiary/aromatic N) is 1. The second-order valence-electron chi connectivity index (χ2n) is 4.73. The van der Waals surface area contributed by atoms with E-state index in [1.54, 1.807) is 23.1 Å². The number of carbonyl (C=O) groups excluding carboxylic acids is 1. The van der Waals surface area contributed by atoms with Crippen LogP contribution in [-0.2, 0) is 0 Å². The molecular formula is C18H27NO4. The number of carbonyl (C=O) groups is 1. The highest BCUT2D eigenvalue weighted by Gasteiger charge is 2.20. The fourth-order valence-electron chi connectivity index (χ4n) is 2.21. The molecule has 0 radical (unpaired) electrons. The van der Waals surface area contributed by atoms with Gasteiger partial charge in [-0.1, -0.05) is 6.08 Å². The number of likely N-dealkylation sites (N-methyl/N-ethyl adjacent to an activating group) is 1. The van der Waals surface area contributed by atoms with Crippen molar-refractivity contribution < 1.29 is 19.0 Å². The largest absolute Gasteiger partial charge is 0.490 e.